The van der Waals surface area contributed by atoms with E-state index < -0.39 is 5.97 Å². The first kappa shape index (κ1) is 27.2. The molecular formula is C29H41N3O5. The fourth-order valence-corrected chi connectivity index (χ4v) is 5.75. The van der Waals surface area contributed by atoms with Crippen LogP contribution in [0.4, 0.5) is 0 Å². The number of rotatable bonds is 13. The molecule has 37 heavy (non-hydrogen) atoms. The Labute approximate surface area is 219 Å². The van der Waals surface area contributed by atoms with Crippen molar-refractivity contribution < 1.29 is 23.8 Å². The van der Waals surface area contributed by atoms with Gasteiger partial charge in [-0.05, 0) is 61.4 Å². The molecule has 1 saturated heterocycles. The SMILES string of the molecule is COc1ccc(CCC(=O)O)c(CN2CCC[C@@H]2c2nc(C(=O)NCCCCC3CCCCC3)co2)c1. The number of benzene rings is 1. The fraction of sp³-hybridized carbons (Fsp3) is 0.621. The Morgan fingerprint density at radius 3 is 2.76 bits per heavy atom. The van der Waals surface area contributed by atoms with Crippen LogP contribution in [0.15, 0.2) is 28.9 Å². The minimum absolute atomic E-state index is 0.0180. The van der Waals surface area contributed by atoms with Crippen molar-refractivity contribution in [2.24, 2.45) is 5.92 Å². The Kier molecular flexibility index (Phi) is 9.99. The number of oxazole rings is 1. The monoisotopic (exact) mass is 511 g/mol. The average Bonchev–Trinajstić information content (AvgIpc) is 3.58. The van der Waals surface area contributed by atoms with E-state index in [1.54, 1.807) is 7.11 Å². The van der Waals surface area contributed by atoms with Crippen LogP contribution in [0.2, 0.25) is 0 Å². The molecule has 0 bridgehead atoms. The van der Waals surface area contributed by atoms with Gasteiger partial charge in [0.05, 0.1) is 13.2 Å². The Morgan fingerprint density at radius 2 is 1.97 bits per heavy atom. The van der Waals surface area contributed by atoms with Crippen molar-refractivity contribution in [1.82, 2.24) is 15.2 Å². The van der Waals surface area contributed by atoms with E-state index in [-0.39, 0.29) is 18.4 Å². The smallest absolute Gasteiger partial charge is 0.303 e. The van der Waals surface area contributed by atoms with Gasteiger partial charge in [-0.25, -0.2) is 4.98 Å². The van der Waals surface area contributed by atoms with Crippen molar-refractivity contribution in [2.75, 3.05) is 20.2 Å². The van der Waals surface area contributed by atoms with Gasteiger partial charge < -0.3 is 19.6 Å². The maximum atomic E-state index is 12.6. The number of carboxylic acid groups (broad SMARTS) is 1. The first-order valence-electron chi connectivity index (χ1n) is 13.9. The molecule has 1 atom stereocenters. The Morgan fingerprint density at radius 1 is 1.14 bits per heavy atom. The second-order valence-electron chi connectivity index (χ2n) is 10.5. The second-order valence-corrected chi connectivity index (χ2v) is 10.5. The lowest BCUT2D eigenvalue weighted by Gasteiger charge is -2.23. The van der Waals surface area contributed by atoms with Gasteiger partial charge in [0, 0.05) is 19.5 Å². The summed E-state index contributed by atoms with van der Waals surface area (Å²) < 4.78 is 11.2. The zero-order valence-corrected chi connectivity index (χ0v) is 22.0. The van der Waals surface area contributed by atoms with Crippen LogP contribution in [0.3, 0.4) is 0 Å². The Balaban J connectivity index is 1.30. The third-order valence-corrected chi connectivity index (χ3v) is 7.85. The van der Waals surface area contributed by atoms with E-state index in [2.05, 4.69) is 15.2 Å². The van der Waals surface area contributed by atoms with E-state index in [1.165, 1.54) is 44.8 Å². The van der Waals surface area contributed by atoms with Crippen LogP contribution in [-0.2, 0) is 17.8 Å². The van der Waals surface area contributed by atoms with E-state index >= 15 is 0 Å². The second kappa shape index (κ2) is 13.6. The number of carboxylic acids is 1. The average molecular weight is 512 g/mol. The van der Waals surface area contributed by atoms with Crippen LogP contribution in [0.25, 0.3) is 0 Å². The summed E-state index contributed by atoms with van der Waals surface area (Å²) in [5, 5.41) is 12.1. The van der Waals surface area contributed by atoms with Crippen LogP contribution in [0, 0.1) is 5.92 Å². The van der Waals surface area contributed by atoms with Crippen molar-refractivity contribution in [3.8, 4) is 5.75 Å². The summed E-state index contributed by atoms with van der Waals surface area (Å²) in [6.45, 7) is 2.19. The van der Waals surface area contributed by atoms with Crippen LogP contribution in [-0.4, -0.2) is 47.1 Å². The van der Waals surface area contributed by atoms with Gasteiger partial charge in [-0.3, -0.25) is 14.5 Å². The molecular weight excluding hydrogens is 470 g/mol. The molecule has 1 aromatic carbocycles. The van der Waals surface area contributed by atoms with Gasteiger partial charge >= 0.3 is 5.97 Å². The number of ether oxygens (including phenoxy) is 1. The van der Waals surface area contributed by atoms with Gasteiger partial charge in [0.2, 0.25) is 5.89 Å². The molecule has 0 unspecified atom stereocenters. The number of unbranched alkanes of at least 4 members (excludes halogenated alkanes) is 1. The van der Waals surface area contributed by atoms with E-state index in [1.807, 2.05) is 18.2 Å². The number of methoxy groups -OCH3 is 1. The summed E-state index contributed by atoms with van der Waals surface area (Å²) in [4.78, 5) is 30.6. The van der Waals surface area contributed by atoms with E-state index in [4.69, 9.17) is 14.3 Å². The number of likely N-dealkylation sites (tertiary alicyclic amines) is 1. The van der Waals surface area contributed by atoms with Crippen LogP contribution in [0.5, 0.6) is 5.75 Å². The lowest BCUT2D eigenvalue weighted by molar-refractivity contribution is -0.136. The predicted molar refractivity (Wildman–Crippen MR) is 141 cm³/mol. The lowest BCUT2D eigenvalue weighted by Crippen LogP contribution is -2.26. The minimum Gasteiger partial charge on any atom is -0.497 e. The summed E-state index contributed by atoms with van der Waals surface area (Å²) in [5.41, 5.74) is 2.38. The number of hydrogen-bond acceptors (Lipinski definition) is 6. The number of amides is 1. The largest absolute Gasteiger partial charge is 0.497 e. The van der Waals surface area contributed by atoms with Crippen molar-refractivity contribution >= 4 is 11.9 Å². The van der Waals surface area contributed by atoms with Gasteiger partial charge in [-0.1, -0.05) is 51.0 Å². The molecule has 4 rings (SSSR count). The van der Waals surface area contributed by atoms with Crippen molar-refractivity contribution in [3.63, 3.8) is 0 Å². The lowest BCUT2D eigenvalue weighted by atomic mass is 9.86. The number of nitrogens with one attached hydrogen (secondary N) is 1. The summed E-state index contributed by atoms with van der Waals surface area (Å²) >= 11 is 0. The molecule has 2 aliphatic rings. The van der Waals surface area contributed by atoms with Gasteiger partial charge in [0.1, 0.15) is 12.0 Å². The van der Waals surface area contributed by atoms with Crippen LogP contribution in [0.1, 0.15) is 104 Å². The third-order valence-electron chi connectivity index (χ3n) is 7.85. The minimum atomic E-state index is -0.810. The van der Waals surface area contributed by atoms with Crippen molar-refractivity contribution in [1.29, 1.82) is 0 Å². The summed E-state index contributed by atoms with van der Waals surface area (Å²) in [6, 6.07) is 5.78. The third kappa shape index (κ3) is 7.81. The van der Waals surface area contributed by atoms with E-state index in [0.29, 0.717) is 31.1 Å². The summed E-state index contributed by atoms with van der Waals surface area (Å²) in [5.74, 6) is 1.20. The van der Waals surface area contributed by atoms with Gasteiger partial charge in [-0.2, -0.15) is 0 Å². The molecule has 8 heteroatoms. The van der Waals surface area contributed by atoms with Crippen molar-refractivity contribution in [2.45, 2.75) is 89.6 Å². The number of carbonyl (C=O) groups excluding carboxylic acids is 1. The maximum Gasteiger partial charge on any atom is 0.303 e. The van der Waals surface area contributed by atoms with Gasteiger partial charge in [0.15, 0.2) is 5.69 Å². The molecule has 202 valence electrons. The molecule has 0 spiro atoms. The first-order valence-corrected chi connectivity index (χ1v) is 13.9. The summed E-state index contributed by atoms with van der Waals surface area (Å²) in [7, 11) is 1.63. The normalized spacial score (nSPS) is 18.7. The van der Waals surface area contributed by atoms with E-state index in [0.717, 1.165) is 55.0 Å². The van der Waals surface area contributed by atoms with Crippen LogP contribution < -0.4 is 10.1 Å². The number of carbonyl (C=O) groups is 2. The number of nitrogens with zero attached hydrogens (tertiary/aromatic N) is 2. The summed E-state index contributed by atoms with van der Waals surface area (Å²) in [6.07, 6.45) is 14.2. The molecule has 8 nitrogen and oxygen atoms in total. The molecule has 1 amide bonds. The highest BCUT2D eigenvalue weighted by Crippen LogP contribution is 2.34. The molecule has 1 saturated carbocycles. The Hall–Kier alpha value is -2.87. The molecule has 2 N–H and O–H groups in total. The molecule has 0 radical (unpaired) electrons. The fourth-order valence-electron chi connectivity index (χ4n) is 5.75. The highest BCUT2D eigenvalue weighted by molar-refractivity contribution is 5.91. The molecule has 2 aromatic rings. The molecule has 2 heterocycles. The van der Waals surface area contributed by atoms with Crippen molar-refractivity contribution in [3.05, 3.63) is 47.2 Å². The Bertz CT molecular complexity index is 1030. The number of hydrogen-bond donors (Lipinski definition) is 2. The standard InChI is InChI=1S/C29H41N3O5/c1-36-24-14-12-22(13-15-27(33)34)23(18-24)19-32-17-7-11-26(32)29-31-25(20-37-29)28(35)30-16-6-5-10-21-8-3-2-4-9-21/h12,14,18,20-21,26H,2-11,13,15-17,19H2,1H3,(H,30,35)(H,33,34)/t26-/m1/s1. The molecule has 2 fully saturated rings. The van der Waals surface area contributed by atoms with Gasteiger partial charge in [0.25, 0.3) is 5.91 Å². The molecule has 1 aliphatic carbocycles. The highest BCUT2D eigenvalue weighted by atomic mass is 16.5. The topological polar surface area (TPSA) is 105 Å². The maximum absolute atomic E-state index is 12.6. The highest BCUT2D eigenvalue weighted by Gasteiger charge is 2.31. The molecule has 1 aliphatic heterocycles. The first-order chi connectivity index (χ1) is 18.0. The zero-order valence-electron chi connectivity index (χ0n) is 22.0. The number of aryl methyl sites for hydroxylation is 1. The van der Waals surface area contributed by atoms with Gasteiger partial charge in [-0.15, -0.1) is 0 Å². The molecule has 1 aromatic heterocycles. The zero-order chi connectivity index (χ0) is 26.0. The van der Waals surface area contributed by atoms with E-state index in [9.17, 15) is 9.59 Å². The quantitative estimate of drug-likeness (QED) is 0.341. The number of aromatic nitrogens is 1. The predicted octanol–water partition coefficient (Wildman–Crippen LogP) is 5.52. The number of aliphatic carboxylic acids is 1. The van der Waals surface area contributed by atoms with Crippen LogP contribution >= 0.6 is 0 Å².